The molecule has 1 aromatic rings. The summed E-state index contributed by atoms with van der Waals surface area (Å²) < 4.78 is 5.69. The smallest absolute Gasteiger partial charge is 0.321 e. The molecule has 1 aliphatic heterocycles. The van der Waals surface area contributed by atoms with E-state index in [1.54, 1.807) is 11.3 Å². The van der Waals surface area contributed by atoms with Crippen molar-refractivity contribution < 1.29 is 14.3 Å². The molecule has 2 N–H and O–H groups in total. The number of urea groups is 1. The van der Waals surface area contributed by atoms with Crippen LogP contribution in [0.1, 0.15) is 24.1 Å². The average molecular weight is 325 g/mol. The fraction of sp³-hybridized carbons (Fsp3) is 0.600. The second kappa shape index (κ2) is 8.87. The molecule has 1 aromatic heterocycles. The van der Waals surface area contributed by atoms with Gasteiger partial charge in [0.1, 0.15) is 0 Å². The number of nitrogens with zero attached hydrogens (tertiary/aromatic N) is 1. The van der Waals surface area contributed by atoms with Gasteiger partial charge >= 0.3 is 6.03 Å². The first kappa shape index (κ1) is 16.9. The Labute approximate surface area is 134 Å². The van der Waals surface area contributed by atoms with E-state index in [-0.39, 0.29) is 12.0 Å². The van der Waals surface area contributed by atoms with Crippen molar-refractivity contribution in [1.29, 1.82) is 0 Å². The van der Waals surface area contributed by atoms with Crippen molar-refractivity contribution in [1.82, 2.24) is 15.5 Å². The average Bonchev–Trinajstić information content (AvgIpc) is 3.18. The second-order valence-corrected chi connectivity index (χ2v) is 6.36. The minimum atomic E-state index is -0.464. The van der Waals surface area contributed by atoms with Crippen LogP contribution in [0.5, 0.6) is 0 Å². The van der Waals surface area contributed by atoms with Crippen LogP contribution in [0.2, 0.25) is 0 Å². The van der Waals surface area contributed by atoms with Gasteiger partial charge in [-0.25, -0.2) is 4.79 Å². The third-order valence-electron chi connectivity index (χ3n) is 3.58. The van der Waals surface area contributed by atoms with Crippen LogP contribution < -0.4 is 10.6 Å². The van der Waals surface area contributed by atoms with Crippen molar-refractivity contribution in [2.75, 3.05) is 26.7 Å². The van der Waals surface area contributed by atoms with Crippen molar-refractivity contribution in [2.24, 2.45) is 0 Å². The fourth-order valence-electron chi connectivity index (χ4n) is 2.45. The summed E-state index contributed by atoms with van der Waals surface area (Å²) in [6, 6.07) is 3.66. The van der Waals surface area contributed by atoms with Crippen molar-refractivity contribution in [2.45, 2.75) is 31.9 Å². The Kier molecular flexibility index (Phi) is 6.82. The number of hydrogen-bond donors (Lipinski definition) is 2. The molecular formula is C15H23N3O3S. The summed E-state index contributed by atoms with van der Waals surface area (Å²) in [4.78, 5) is 26.4. The Morgan fingerprint density at radius 1 is 1.50 bits per heavy atom. The van der Waals surface area contributed by atoms with E-state index in [0.717, 1.165) is 32.5 Å². The van der Waals surface area contributed by atoms with Crippen LogP contribution in [0.15, 0.2) is 17.5 Å². The number of ether oxygens (including phenoxy) is 1. The van der Waals surface area contributed by atoms with Gasteiger partial charge in [0.15, 0.2) is 0 Å². The van der Waals surface area contributed by atoms with E-state index >= 15 is 0 Å². The van der Waals surface area contributed by atoms with E-state index in [9.17, 15) is 9.59 Å². The monoisotopic (exact) mass is 325 g/mol. The standard InChI is InChI=1S/C15H23N3O3S/c1-16-15(20)17-14(19)6-7-18(10-12-4-2-8-21-12)11-13-5-3-9-22-13/h3,5,9,12H,2,4,6-8,10-11H2,1H3,(H2,16,17,19,20)/t12-/m0/s1. The van der Waals surface area contributed by atoms with E-state index in [1.807, 2.05) is 6.07 Å². The summed E-state index contributed by atoms with van der Waals surface area (Å²) >= 11 is 1.71. The number of carbonyl (C=O) groups excluding carboxylic acids is 2. The quantitative estimate of drug-likeness (QED) is 0.798. The Morgan fingerprint density at radius 2 is 2.36 bits per heavy atom. The minimum absolute atomic E-state index is 0.252. The van der Waals surface area contributed by atoms with Gasteiger partial charge in [-0.1, -0.05) is 6.07 Å². The Hall–Kier alpha value is -1.44. The second-order valence-electron chi connectivity index (χ2n) is 5.33. The predicted molar refractivity (Wildman–Crippen MR) is 85.8 cm³/mol. The van der Waals surface area contributed by atoms with E-state index in [4.69, 9.17) is 4.74 Å². The highest BCUT2D eigenvalue weighted by atomic mass is 32.1. The maximum Gasteiger partial charge on any atom is 0.321 e. The van der Waals surface area contributed by atoms with Crippen molar-refractivity contribution in [3.05, 3.63) is 22.4 Å². The lowest BCUT2D eigenvalue weighted by atomic mass is 10.2. The summed E-state index contributed by atoms with van der Waals surface area (Å²) in [7, 11) is 1.49. The molecule has 22 heavy (non-hydrogen) atoms. The molecule has 1 aliphatic rings. The molecule has 122 valence electrons. The molecule has 0 bridgehead atoms. The van der Waals surface area contributed by atoms with Gasteiger partial charge in [-0.05, 0) is 24.3 Å². The SMILES string of the molecule is CNC(=O)NC(=O)CCN(Cc1cccs1)C[C@@H]1CCCO1. The van der Waals surface area contributed by atoms with Crippen LogP contribution in [0, 0.1) is 0 Å². The van der Waals surface area contributed by atoms with Gasteiger partial charge in [0.2, 0.25) is 5.91 Å². The third kappa shape index (κ3) is 5.75. The first-order valence-electron chi connectivity index (χ1n) is 7.55. The summed E-state index contributed by atoms with van der Waals surface area (Å²) in [5, 5.41) is 6.72. The molecule has 0 aliphatic carbocycles. The Morgan fingerprint density at radius 3 is 3.00 bits per heavy atom. The van der Waals surface area contributed by atoms with E-state index in [1.165, 1.54) is 11.9 Å². The summed E-state index contributed by atoms with van der Waals surface area (Å²) in [5.74, 6) is -0.261. The number of carbonyl (C=O) groups is 2. The van der Waals surface area contributed by atoms with Crippen LogP contribution in [0.25, 0.3) is 0 Å². The number of amides is 3. The number of imide groups is 1. The molecule has 2 rings (SSSR count). The lowest BCUT2D eigenvalue weighted by Gasteiger charge is -2.24. The number of rotatable bonds is 7. The highest BCUT2D eigenvalue weighted by Crippen LogP contribution is 2.17. The topological polar surface area (TPSA) is 70.7 Å². The zero-order chi connectivity index (χ0) is 15.8. The highest BCUT2D eigenvalue weighted by Gasteiger charge is 2.20. The number of nitrogens with one attached hydrogen (secondary N) is 2. The zero-order valence-electron chi connectivity index (χ0n) is 12.8. The van der Waals surface area contributed by atoms with Gasteiger partial charge in [-0.3, -0.25) is 15.0 Å². The number of thiophene rings is 1. The predicted octanol–water partition coefficient (Wildman–Crippen LogP) is 1.57. The molecule has 0 spiro atoms. The lowest BCUT2D eigenvalue weighted by molar-refractivity contribution is -0.120. The molecule has 1 atom stereocenters. The third-order valence-corrected chi connectivity index (χ3v) is 4.44. The molecule has 0 unspecified atom stereocenters. The first-order chi connectivity index (χ1) is 10.7. The van der Waals surface area contributed by atoms with Crippen molar-refractivity contribution >= 4 is 23.3 Å². The maximum absolute atomic E-state index is 11.7. The molecule has 0 saturated carbocycles. The zero-order valence-corrected chi connectivity index (χ0v) is 13.7. The first-order valence-corrected chi connectivity index (χ1v) is 8.43. The minimum Gasteiger partial charge on any atom is -0.377 e. The summed E-state index contributed by atoms with van der Waals surface area (Å²) in [6.45, 7) is 3.07. The van der Waals surface area contributed by atoms with E-state index in [2.05, 4.69) is 27.0 Å². The van der Waals surface area contributed by atoms with E-state index < -0.39 is 6.03 Å². The van der Waals surface area contributed by atoms with Gasteiger partial charge in [0.05, 0.1) is 6.10 Å². The largest absolute Gasteiger partial charge is 0.377 e. The van der Waals surface area contributed by atoms with Gasteiger partial charge < -0.3 is 10.1 Å². The highest BCUT2D eigenvalue weighted by molar-refractivity contribution is 7.09. The normalized spacial score (nSPS) is 17.6. The van der Waals surface area contributed by atoms with Gasteiger partial charge in [-0.2, -0.15) is 0 Å². The lowest BCUT2D eigenvalue weighted by Crippen LogP contribution is -2.40. The molecule has 6 nitrogen and oxygen atoms in total. The van der Waals surface area contributed by atoms with Crippen molar-refractivity contribution in [3.63, 3.8) is 0 Å². The summed E-state index contributed by atoms with van der Waals surface area (Å²) in [6.07, 6.45) is 2.73. The molecule has 0 aromatic carbocycles. The fourth-order valence-corrected chi connectivity index (χ4v) is 3.19. The van der Waals surface area contributed by atoms with Crippen LogP contribution in [-0.4, -0.2) is 49.7 Å². The van der Waals surface area contributed by atoms with Crippen molar-refractivity contribution in [3.8, 4) is 0 Å². The molecule has 7 heteroatoms. The van der Waals surface area contributed by atoms with Crippen LogP contribution >= 0.6 is 11.3 Å². The Balaban J connectivity index is 1.83. The van der Waals surface area contributed by atoms with Crippen LogP contribution in [-0.2, 0) is 16.1 Å². The molecular weight excluding hydrogens is 302 g/mol. The van der Waals surface area contributed by atoms with Gasteiger partial charge in [0, 0.05) is 44.6 Å². The van der Waals surface area contributed by atoms with Crippen LogP contribution in [0.4, 0.5) is 4.79 Å². The molecule has 1 saturated heterocycles. The maximum atomic E-state index is 11.7. The molecule has 3 amide bonds. The molecule has 0 radical (unpaired) electrons. The Bertz CT molecular complexity index is 472. The van der Waals surface area contributed by atoms with E-state index in [0.29, 0.717) is 13.0 Å². The van der Waals surface area contributed by atoms with Gasteiger partial charge in [0.25, 0.3) is 0 Å². The van der Waals surface area contributed by atoms with Gasteiger partial charge in [-0.15, -0.1) is 11.3 Å². The summed E-state index contributed by atoms with van der Waals surface area (Å²) in [5.41, 5.74) is 0. The van der Waals surface area contributed by atoms with Crippen LogP contribution in [0.3, 0.4) is 0 Å². The number of hydrogen-bond acceptors (Lipinski definition) is 5. The molecule has 2 heterocycles. The molecule has 1 fully saturated rings.